The van der Waals surface area contributed by atoms with Crippen LogP contribution in [0.1, 0.15) is 30.5 Å². The lowest BCUT2D eigenvalue weighted by Gasteiger charge is -2.21. The Hall–Kier alpha value is -0.870. The Morgan fingerprint density at radius 3 is 3.36 bits per heavy atom. The van der Waals surface area contributed by atoms with Gasteiger partial charge in [0.05, 0.1) is 24.6 Å². The summed E-state index contributed by atoms with van der Waals surface area (Å²) in [5, 5.41) is 9.71. The number of aromatic nitrogens is 2. The van der Waals surface area contributed by atoms with Gasteiger partial charge in [-0.1, -0.05) is 0 Å². The summed E-state index contributed by atoms with van der Waals surface area (Å²) >= 11 is 0. The lowest BCUT2D eigenvalue weighted by Crippen LogP contribution is -2.17. The van der Waals surface area contributed by atoms with E-state index in [9.17, 15) is 5.11 Å². The van der Waals surface area contributed by atoms with E-state index in [0.717, 1.165) is 37.3 Å². The van der Waals surface area contributed by atoms with Crippen LogP contribution in [0.25, 0.3) is 0 Å². The maximum Gasteiger partial charge on any atom is 0.111 e. The molecular weight excluding hydrogens is 180 g/mol. The summed E-state index contributed by atoms with van der Waals surface area (Å²) in [5.41, 5.74) is 0.961. The first-order chi connectivity index (χ1) is 6.83. The van der Waals surface area contributed by atoms with Crippen molar-refractivity contribution in [3.63, 3.8) is 0 Å². The van der Waals surface area contributed by atoms with E-state index >= 15 is 0 Å². The average molecular weight is 196 g/mol. The minimum Gasteiger partial charge on any atom is -0.387 e. The Labute approximate surface area is 83.5 Å². The molecule has 4 heteroatoms. The van der Waals surface area contributed by atoms with E-state index in [-0.39, 0.29) is 6.10 Å². The fraction of sp³-hybridized carbons (Fsp3) is 0.700. The van der Waals surface area contributed by atoms with Crippen LogP contribution in [-0.2, 0) is 17.7 Å². The summed E-state index contributed by atoms with van der Waals surface area (Å²) in [6, 6.07) is 0. The van der Waals surface area contributed by atoms with Gasteiger partial charge < -0.3 is 14.4 Å². The first-order valence-corrected chi connectivity index (χ1v) is 5.04. The van der Waals surface area contributed by atoms with Crippen molar-refractivity contribution in [2.24, 2.45) is 0 Å². The molecule has 2 heterocycles. The topological polar surface area (TPSA) is 47.3 Å². The number of fused-ring (bicyclic) bond motifs is 1. The predicted octanol–water partition coefficient (Wildman–Crippen LogP) is 0.899. The van der Waals surface area contributed by atoms with Crippen LogP contribution in [0.4, 0.5) is 0 Å². The van der Waals surface area contributed by atoms with Crippen LogP contribution in [0.2, 0.25) is 0 Å². The number of aliphatic hydroxyl groups excluding tert-OH is 1. The third kappa shape index (κ3) is 1.67. The monoisotopic (exact) mass is 196 g/mol. The zero-order chi connectivity index (χ0) is 9.97. The van der Waals surface area contributed by atoms with Crippen molar-refractivity contribution in [1.82, 2.24) is 9.55 Å². The zero-order valence-electron chi connectivity index (χ0n) is 8.44. The Balaban J connectivity index is 2.18. The third-order valence-electron chi connectivity index (χ3n) is 2.70. The summed E-state index contributed by atoms with van der Waals surface area (Å²) in [4.78, 5) is 4.31. The largest absolute Gasteiger partial charge is 0.387 e. The van der Waals surface area contributed by atoms with Gasteiger partial charge in [-0.2, -0.15) is 0 Å². The third-order valence-corrected chi connectivity index (χ3v) is 2.70. The molecule has 1 unspecified atom stereocenters. The van der Waals surface area contributed by atoms with Crippen molar-refractivity contribution in [3.8, 4) is 0 Å². The zero-order valence-corrected chi connectivity index (χ0v) is 8.44. The van der Waals surface area contributed by atoms with Crippen molar-refractivity contribution in [2.75, 3.05) is 13.7 Å². The van der Waals surface area contributed by atoms with E-state index in [1.165, 1.54) is 0 Å². The molecule has 1 N–H and O–H groups in total. The second kappa shape index (κ2) is 4.11. The summed E-state index contributed by atoms with van der Waals surface area (Å²) in [7, 11) is 1.69. The Bertz CT molecular complexity index is 309. The molecule has 1 atom stereocenters. The lowest BCUT2D eigenvalue weighted by atomic mass is 10.1. The molecule has 0 amide bonds. The van der Waals surface area contributed by atoms with Crippen LogP contribution in [-0.4, -0.2) is 28.4 Å². The maximum atomic E-state index is 9.71. The number of methoxy groups -OCH3 is 1. The molecule has 1 aromatic rings. The van der Waals surface area contributed by atoms with Crippen molar-refractivity contribution in [1.29, 1.82) is 0 Å². The average Bonchev–Trinajstić information content (AvgIpc) is 2.60. The van der Waals surface area contributed by atoms with E-state index < -0.39 is 0 Å². The van der Waals surface area contributed by atoms with Crippen LogP contribution < -0.4 is 0 Å². The number of imidazole rings is 1. The van der Waals surface area contributed by atoms with E-state index in [0.29, 0.717) is 6.61 Å². The fourth-order valence-corrected chi connectivity index (χ4v) is 1.94. The van der Waals surface area contributed by atoms with Gasteiger partial charge in [-0.05, 0) is 12.8 Å². The van der Waals surface area contributed by atoms with E-state index in [1.54, 1.807) is 13.3 Å². The molecule has 14 heavy (non-hydrogen) atoms. The van der Waals surface area contributed by atoms with Crippen molar-refractivity contribution < 1.29 is 9.84 Å². The molecular formula is C10H16N2O2. The highest BCUT2D eigenvalue weighted by atomic mass is 16.5. The molecule has 1 aliphatic heterocycles. The van der Waals surface area contributed by atoms with Gasteiger partial charge in [0.1, 0.15) is 5.82 Å². The van der Waals surface area contributed by atoms with Gasteiger partial charge in [0.2, 0.25) is 0 Å². The lowest BCUT2D eigenvalue weighted by molar-refractivity contribution is 0.137. The quantitative estimate of drug-likeness (QED) is 0.781. The summed E-state index contributed by atoms with van der Waals surface area (Å²) in [6.07, 6.45) is 4.17. The molecule has 1 aliphatic rings. The summed E-state index contributed by atoms with van der Waals surface area (Å²) < 4.78 is 7.14. The molecule has 0 fully saturated rings. The minimum atomic E-state index is -0.326. The van der Waals surface area contributed by atoms with Crippen LogP contribution in [0.5, 0.6) is 0 Å². The van der Waals surface area contributed by atoms with Gasteiger partial charge in [0, 0.05) is 20.1 Å². The molecule has 0 aromatic carbocycles. The minimum absolute atomic E-state index is 0.326. The molecule has 0 bridgehead atoms. The molecule has 0 saturated carbocycles. The summed E-state index contributed by atoms with van der Waals surface area (Å²) in [5.74, 6) is 1.03. The first kappa shape index (κ1) is 9.68. The molecule has 1 aromatic heterocycles. The van der Waals surface area contributed by atoms with Crippen LogP contribution in [0.15, 0.2) is 6.20 Å². The molecule has 0 aliphatic carbocycles. The van der Waals surface area contributed by atoms with Gasteiger partial charge in [-0.25, -0.2) is 4.98 Å². The predicted molar refractivity (Wildman–Crippen MR) is 52.0 cm³/mol. The smallest absolute Gasteiger partial charge is 0.111 e. The Morgan fingerprint density at radius 1 is 1.71 bits per heavy atom. The number of hydrogen-bond donors (Lipinski definition) is 1. The highest BCUT2D eigenvalue weighted by molar-refractivity contribution is 5.10. The second-order valence-corrected chi connectivity index (χ2v) is 3.65. The van der Waals surface area contributed by atoms with Crippen molar-refractivity contribution in [3.05, 3.63) is 17.7 Å². The van der Waals surface area contributed by atoms with Gasteiger partial charge in [0.25, 0.3) is 0 Å². The summed E-state index contributed by atoms with van der Waals surface area (Å²) in [6.45, 7) is 1.66. The van der Waals surface area contributed by atoms with Gasteiger partial charge in [-0.15, -0.1) is 0 Å². The molecule has 78 valence electrons. The van der Waals surface area contributed by atoms with Crippen molar-refractivity contribution >= 4 is 0 Å². The standard InChI is InChI=1S/C10H16N2O2/c1-14-6-4-10-11-7-8-9(13)3-2-5-12(8)10/h7,9,13H,2-6H2,1H3. The number of hydrogen-bond acceptors (Lipinski definition) is 3. The number of aliphatic hydroxyl groups is 1. The number of rotatable bonds is 3. The fourth-order valence-electron chi connectivity index (χ4n) is 1.94. The SMILES string of the molecule is COCCc1ncc2n1CCCC2O. The van der Waals surface area contributed by atoms with E-state index in [1.807, 2.05) is 0 Å². The molecule has 2 rings (SSSR count). The Kier molecular flexibility index (Phi) is 2.84. The Morgan fingerprint density at radius 2 is 2.57 bits per heavy atom. The van der Waals surface area contributed by atoms with Gasteiger partial charge >= 0.3 is 0 Å². The highest BCUT2D eigenvalue weighted by Crippen LogP contribution is 2.25. The maximum absolute atomic E-state index is 9.71. The van der Waals surface area contributed by atoms with Crippen LogP contribution in [0, 0.1) is 0 Å². The number of ether oxygens (including phenoxy) is 1. The van der Waals surface area contributed by atoms with Crippen LogP contribution >= 0.6 is 0 Å². The first-order valence-electron chi connectivity index (χ1n) is 5.04. The van der Waals surface area contributed by atoms with E-state index in [2.05, 4.69) is 9.55 Å². The van der Waals surface area contributed by atoms with E-state index in [4.69, 9.17) is 4.74 Å². The highest BCUT2D eigenvalue weighted by Gasteiger charge is 2.20. The van der Waals surface area contributed by atoms with Gasteiger partial charge in [-0.3, -0.25) is 0 Å². The number of nitrogens with zero attached hydrogens (tertiary/aromatic N) is 2. The molecule has 4 nitrogen and oxygen atoms in total. The molecule has 0 radical (unpaired) electrons. The molecule has 0 spiro atoms. The van der Waals surface area contributed by atoms with Crippen LogP contribution in [0.3, 0.4) is 0 Å². The second-order valence-electron chi connectivity index (χ2n) is 3.65. The van der Waals surface area contributed by atoms with Crippen molar-refractivity contribution in [2.45, 2.75) is 31.9 Å². The molecule has 0 saturated heterocycles. The normalized spacial score (nSPS) is 20.9. The van der Waals surface area contributed by atoms with Gasteiger partial charge in [0.15, 0.2) is 0 Å².